The number of fused-ring (bicyclic) bond motifs is 1. The van der Waals surface area contributed by atoms with Crippen molar-refractivity contribution in [2.24, 2.45) is 0 Å². The lowest BCUT2D eigenvalue weighted by Crippen LogP contribution is -2.22. The molecule has 0 bridgehead atoms. The van der Waals surface area contributed by atoms with E-state index in [9.17, 15) is 0 Å². The summed E-state index contributed by atoms with van der Waals surface area (Å²) in [4.78, 5) is 8.89. The molecule has 1 unspecified atom stereocenters. The Balaban J connectivity index is 2.25. The largest absolute Gasteiger partial charge is 0.383 e. The highest BCUT2D eigenvalue weighted by Gasteiger charge is 2.23. The standard InChI is InChI=1S/C14H20N4O/c1-8-9(2)18(11-5-4-6-19-7-11)14-12(8)13(15)16-10(3)17-14/h11H,4-7H2,1-3H3,(H2,15,16,17). The van der Waals surface area contributed by atoms with Gasteiger partial charge in [-0.15, -0.1) is 0 Å². The summed E-state index contributed by atoms with van der Waals surface area (Å²) >= 11 is 0. The SMILES string of the molecule is Cc1nc(N)c2c(C)c(C)n(C3CCCOC3)c2n1. The molecule has 1 saturated heterocycles. The predicted molar refractivity (Wildman–Crippen MR) is 75.2 cm³/mol. The Morgan fingerprint density at radius 3 is 2.74 bits per heavy atom. The number of nitrogens with zero attached hydrogens (tertiary/aromatic N) is 3. The molecule has 19 heavy (non-hydrogen) atoms. The van der Waals surface area contributed by atoms with Gasteiger partial charge in [0.25, 0.3) is 0 Å². The number of nitrogen functional groups attached to an aromatic ring is 1. The van der Waals surface area contributed by atoms with Crippen molar-refractivity contribution in [1.82, 2.24) is 14.5 Å². The first-order chi connectivity index (χ1) is 9.09. The molecular weight excluding hydrogens is 240 g/mol. The molecule has 3 heterocycles. The predicted octanol–water partition coefficient (Wildman–Crippen LogP) is 2.29. The number of hydrogen-bond donors (Lipinski definition) is 1. The van der Waals surface area contributed by atoms with Gasteiger partial charge in [0.1, 0.15) is 17.3 Å². The van der Waals surface area contributed by atoms with Crippen molar-refractivity contribution in [3.63, 3.8) is 0 Å². The lowest BCUT2D eigenvalue weighted by molar-refractivity contribution is 0.0598. The first-order valence-electron chi connectivity index (χ1n) is 6.78. The van der Waals surface area contributed by atoms with Gasteiger partial charge in [-0.25, -0.2) is 9.97 Å². The van der Waals surface area contributed by atoms with Gasteiger partial charge in [-0.1, -0.05) is 0 Å². The number of ether oxygens (including phenoxy) is 1. The Morgan fingerprint density at radius 2 is 2.05 bits per heavy atom. The van der Waals surface area contributed by atoms with Gasteiger partial charge in [-0.3, -0.25) is 0 Å². The minimum atomic E-state index is 0.360. The molecule has 5 heteroatoms. The van der Waals surface area contributed by atoms with E-state index < -0.39 is 0 Å². The fourth-order valence-electron chi connectivity index (χ4n) is 3.01. The maximum absolute atomic E-state index is 6.07. The molecule has 0 spiro atoms. The Kier molecular flexibility index (Phi) is 2.93. The molecule has 1 atom stereocenters. The summed E-state index contributed by atoms with van der Waals surface area (Å²) in [6.45, 7) is 7.72. The third-order valence-corrected chi connectivity index (χ3v) is 4.04. The van der Waals surface area contributed by atoms with Crippen molar-refractivity contribution < 1.29 is 4.74 Å². The van der Waals surface area contributed by atoms with Crippen LogP contribution in [0.4, 0.5) is 5.82 Å². The summed E-state index contributed by atoms with van der Waals surface area (Å²) < 4.78 is 7.90. The van der Waals surface area contributed by atoms with Gasteiger partial charge in [-0.05, 0) is 39.2 Å². The molecule has 0 saturated carbocycles. The van der Waals surface area contributed by atoms with Crippen LogP contribution in [0.25, 0.3) is 11.0 Å². The number of hydrogen-bond acceptors (Lipinski definition) is 4. The van der Waals surface area contributed by atoms with Crippen LogP contribution in [0.15, 0.2) is 0 Å². The van der Waals surface area contributed by atoms with Crippen LogP contribution in [0, 0.1) is 20.8 Å². The highest BCUT2D eigenvalue weighted by Crippen LogP contribution is 2.33. The number of rotatable bonds is 1. The smallest absolute Gasteiger partial charge is 0.146 e. The number of anilines is 1. The summed E-state index contributed by atoms with van der Waals surface area (Å²) in [6, 6.07) is 0.360. The van der Waals surface area contributed by atoms with E-state index in [1.54, 1.807) is 0 Å². The highest BCUT2D eigenvalue weighted by molar-refractivity contribution is 5.91. The van der Waals surface area contributed by atoms with E-state index in [4.69, 9.17) is 10.5 Å². The maximum atomic E-state index is 6.07. The number of nitrogens with two attached hydrogens (primary N) is 1. The van der Waals surface area contributed by atoms with Crippen molar-refractivity contribution >= 4 is 16.9 Å². The molecule has 102 valence electrons. The molecule has 1 aliphatic heterocycles. The van der Waals surface area contributed by atoms with Crippen LogP contribution in [0.2, 0.25) is 0 Å². The fourth-order valence-corrected chi connectivity index (χ4v) is 3.01. The van der Waals surface area contributed by atoms with Gasteiger partial charge < -0.3 is 15.0 Å². The van der Waals surface area contributed by atoms with E-state index in [0.29, 0.717) is 11.9 Å². The molecule has 0 aromatic carbocycles. The van der Waals surface area contributed by atoms with E-state index in [2.05, 4.69) is 28.4 Å². The Bertz CT molecular complexity index is 626. The van der Waals surface area contributed by atoms with E-state index >= 15 is 0 Å². The molecule has 2 aromatic rings. The minimum absolute atomic E-state index is 0.360. The summed E-state index contributed by atoms with van der Waals surface area (Å²) in [7, 11) is 0. The average Bonchev–Trinajstić information content (AvgIpc) is 2.63. The molecule has 5 nitrogen and oxygen atoms in total. The Labute approximate surface area is 112 Å². The second-order valence-electron chi connectivity index (χ2n) is 5.31. The highest BCUT2D eigenvalue weighted by atomic mass is 16.5. The molecular formula is C14H20N4O. The van der Waals surface area contributed by atoms with Crippen LogP contribution in [0.1, 0.15) is 36.0 Å². The van der Waals surface area contributed by atoms with Crippen LogP contribution in [0.5, 0.6) is 0 Å². The monoisotopic (exact) mass is 260 g/mol. The zero-order chi connectivity index (χ0) is 13.6. The van der Waals surface area contributed by atoms with Crippen LogP contribution in [-0.4, -0.2) is 27.7 Å². The van der Waals surface area contributed by atoms with E-state index in [1.165, 1.54) is 11.3 Å². The van der Waals surface area contributed by atoms with Gasteiger partial charge in [-0.2, -0.15) is 0 Å². The van der Waals surface area contributed by atoms with Crippen LogP contribution >= 0.6 is 0 Å². The average molecular weight is 260 g/mol. The van der Waals surface area contributed by atoms with Crippen molar-refractivity contribution in [1.29, 1.82) is 0 Å². The van der Waals surface area contributed by atoms with Crippen LogP contribution in [-0.2, 0) is 4.74 Å². The van der Waals surface area contributed by atoms with Gasteiger partial charge >= 0.3 is 0 Å². The summed E-state index contributed by atoms with van der Waals surface area (Å²) in [5.41, 5.74) is 9.43. The lowest BCUT2D eigenvalue weighted by atomic mass is 10.1. The van der Waals surface area contributed by atoms with Crippen molar-refractivity contribution in [2.75, 3.05) is 18.9 Å². The maximum Gasteiger partial charge on any atom is 0.146 e. The second-order valence-corrected chi connectivity index (χ2v) is 5.31. The third-order valence-electron chi connectivity index (χ3n) is 4.04. The zero-order valence-electron chi connectivity index (χ0n) is 11.7. The molecule has 2 aromatic heterocycles. The normalized spacial score (nSPS) is 20.1. The fraction of sp³-hybridized carbons (Fsp3) is 0.571. The van der Waals surface area contributed by atoms with E-state index in [1.807, 2.05) is 6.92 Å². The number of aromatic nitrogens is 3. The van der Waals surface area contributed by atoms with Gasteiger partial charge in [0, 0.05) is 12.3 Å². The molecule has 0 radical (unpaired) electrons. The first-order valence-corrected chi connectivity index (χ1v) is 6.78. The van der Waals surface area contributed by atoms with Gasteiger partial charge in [0.15, 0.2) is 0 Å². The summed E-state index contributed by atoms with van der Waals surface area (Å²) in [6.07, 6.45) is 2.23. The van der Waals surface area contributed by atoms with Crippen molar-refractivity contribution in [3.05, 3.63) is 17.1 Å². The Morgan fingerprint density at radius 1 is 1.26 bits per heavy atom. The quantitative estimate of drug-likeness (QED) is 0.854. The minimum Gasteiger partial charge on any atom is -0.383 e. The van der Waals surface area contributed by atoms with E-state index in [0.717, 1.165) is 42.9 Å². The molecule has 0 aliphatic carbocycles. The second kappa shape index (κ2) is 4.49. The van der Waals surface area contributed by atoms with Crippen LogP contribution in [0.3, 0.4) is 0 Å². The van der Waals surface area contributed by atoms with E-state index in [-0.39, 0.29) is 0 Å². The molecule has 1 aliphatic rings. The van der Waals surface area contributed by atoms with Gasteiger partial charge in [0.05, 0.1) is 18.0 Å². The summed E-state index contributed by atoms with van der Waals surface area (Å²) in [5, 5.41) is 0.994. The van der Waals surface area contributed by atoms with Crippen LogP contribution < -0.4 is 5.73 Å². The lowest BCUT2D eigenvalue weighted by Gasteiger charge is -2.25. The molecule has 1 fully saturated rings. The number of aryl methyl sites for hydroxylation is 2. The molecule has 3 rings (SSSR count). The first kappa shape index (κ1) is 12.4. The van der Waals surface area contributed by atoms with Gasteiger partial charge in [0.2, 0.25) is 0 Å². The summed E-state index contributed by atoms with van der Waals surface area (Å²) in [5.74, 6) is 1.30. The molecule has 2 N–H and O–H groups in total. The topological polar surface area (TPSA) is 66.0 Å². The third kappa shape index (κ3) is 1.89. The van der Waals surface area contributed by atoms with Crippen molar-refractivity contribution in [2.45, 2.75) is 39.7 Å². The van der Waals surface area contributed by atoms with Crippen molar-refractivity contribution in [3.8, 4) is 0 Å². The molecule has 0 amide bonds. The Hall–Kier alpha value is -1.62. The zero-order valence-corrected chi connectivity index (χ0v) is 11.7.